The molecule has 0 radical (unpaired) electrons. The van der Waals surface area contributed by atoms with Crippen LogP contribution >= 0.6 is 0 Å². The second-order valence-corrected chi connectivity index (χ2v) is 8.26. The molecule has 11 heteroatoms. The van der Waals surface area contributed by atoms with E-state index < -0.39 is 27.0 Å². The highest BCUT2D eigenvalue weighted by Crippen LogP contribution is 2.30. The Bertz CT molecular complexity index is 795. The molecule has 1 aromatic carbocycles. The van der Waals surface area contributed by atoms with Gasteiger partial charge in [0.25, 0.3) is 15.9 Å². The Morgan fingerprint density at radius 1 is 1.42 bits per heavy atom. The van der Waals surface area contributed by atoms with E-state index in [9.17, 15) is 23.3 Å². The number of methoxy groups -OCH3 is 1. The zero-order chi connectivity index (χ0) is 19.5. The van der Waals surface area contributed by atoms with Crippen molar-refractivity contribution >= 4 is 27.5 Å². The smallest absolute Gasteiger partial charge is 0.281 e. The maximum atomic E-state index is 12.6. The Labute approximate surface area is 152 Å². The Morgan fingerprint density at radius 2 is 2.12 bits per heavy atom. The van der Waals surface area contributed by atoms with Crippen LogP contribution in [-0.2, 0) is 15.0 Å². The third-order valence-electron chi connectivity index (χ3n) is 4.19. The molecule has 1 amide bonds. The summed E-state index contributed by atoms with van der Waals surface area (Å²) in [6, 6.07) is 3.89. The summed E-state index contributed by atoms with van der Waals surface area (Å²) < 4.78 is 32.0. The fourth-order valence-corrected chi connectivity index (χ4v) is 3.93. The molecule has 0 spiro atoms. The Hall–Kier alpha value is -2.24. The highest BCUT2D eigenvalue weighted by Gasteiger charge is 2.33. The van der Waals surface area contributed by atoms with Gasteiger partial charge in [0.1, 0.15) is 5.75 Å². The largest absolute Gasteiger partial charge is 0.495 e. The van der Waals surface area contributed by atoms with Crippen molar-refractivity contribution in [3.63, 3.8) is 0 Å². The third kappa shape index (κ3) is 4.29. The molecule has 1 fully saturated rings. The Balaban J connectivity index is 2.17. The summed E-state index contributed by atoms with van der Waals surface area (Å²) in [6.45, 7) is 0.411. The number of hydrogen-bond acceptors (Lipinski definition) is 6. The summed E-state index contributed by atoms with van der Waals surface area (Å²) in [7, 11) is 0.669. The average Bonchev–Trinajstić information content (AvgIpc) is 2.61. The molecule has 1 saturated heterocycles. The predicted molar refractivity (Wildman–Crippen MR) is 95.2 cm³/mol. The number of ether oxygens (including phenoxy) is 1. The van der Waals surface area contributed by atoms with Crippen LogP contribution in [-0.4, -0.2) is 62.2 Å². The van der Waals surface area contributed by atoms with E-state index in [-0.39, 0.29) is 23.7 Å². The lowest BCUT2D eigenvalue weighted by molar-refractivity contribution is -0.384. The minimum Gasteiger partial charge on any atom is -0.495 e. The van der Waals surface area contributed by atoms with Crippen LogP contribution in [0.1, 0.15) is 12.8 Å². The zero-order valence-electron chi connectivity index (χ0n) is 14.8. The van der Waals surface area contributed by atoms with Gasteiger partial charge in [-0.05, 0) is 18.9 Å². The van der Waals surface area contributed by atoms with Crippen molar-refractivity contribution in [3.8, 4) is 5.75 Å². The summed E-state index contributed by atoms with van der Waals surface area (Å²) >= 11 is 0. The second kappa shape index (κ2) is 7.98. The number of piperidine rings is 1. The molecule has 26 heavy (non-hydrogen) atoms. The number of hydrogen-bond donors (Lipinski definition) is 1. The minimum absolute atomic E-state index is 0.0591. The zero-order valence-corrected chi connectivity index (χ0v) is 15.7. The number of rotatable bonds is 6. The number of anilines is 1. The summed E-state index contributed by atoms with van der Waals surface area (Å²) in [5, 5.41) is 13.6. The van der Waals surface area contributed by atoms with Gasteiger partial charge in [-0.25, -0.2) is 0 Å². The number of benzene rings is 1. The highest BCUT2D eigenvalue weighted by molar-refractivity contribution is 7.86. The van der Waals surface area contributed by atoms with Crippen LogP contribution in [0.25, 0.3) is 0 Å². The summed E-state index contributed by atoms with van der Waals surface area (Å²) in [4.78, 5) is 23.0. The van der Waals surface area contributed by atoms with E-state index in [1.165, 1.54) is 43.7 Å². The first-order valence-electron chi connectivity index (χ1n) is 7.97. The molecular weight excluding hydrogens is 364 g/mol. The van der Waals surface area contributed by atoms with Gasteiger partial charge in [-0.2, -0.15) is 17.0 Å². The number of amides is 1. The van der Waals surface area contributed by atoms with Crippen LogP contribution in [0.5, 0.6) is 5.75 Å². The second-order valence-electron chi connectivity index (χ2n) is 6.12. The van der Waals surface area contributed by atoms with Crippen LogP contribution in [0.3, 0.4) is 0 Å². The van der Waals surface area contributed by atoms with Crippen molar-refractivity contribution in [1.82, 2.24) is 8.61 Å². The van der Waals surface area contributed by atoms with Gasteiger partial charge in [-0.15, -0.1) is 0 Å². The lowest BCUT2D eigenvalue weighted by Crippen LogP contribution is -2.47. The third-order valence-corrected chi connectivity index (χ3v) is 6.10. The molecule has 1 aliphatic heterocycles. The highest BCUT2D eigenvalue weighted by atomic mass is 32.2. The molecular formula is C15H22N4O6S. The molecule has 0 saturated carbocycles. The van der Waals surface area contributed by atoms with Crippen LogP contribution in [0.15, 0.2) is 18.2 Å². The molecule has 0 bridgehead atoms. The molecule has 1 aromatic rings. The van der Waals surface area contributed by atoms with Crippen LogP contribution in [0, 0.1) is 16.0 Å². The molecule has 0 aliphatic carbocycles. The number of nitro benzene ring substituents is 1. The fourth-order valence-electron chi connectivity index (χ4n) is 2.74. The van der Waals surface area contributed by atoms with Gasteiger partial charge >= 0.3 is 0 Å². The topological polar surface area (TPSA) is 122 Å². The van der Waals surface area contributed by atoms with Gasteiger partial charge in [0.2, 0.25) is 5.91 Å². The first-order valence-corrected chi connectivity index (χ1v) is 9.37. The van der Waals surface area contributed by atoms with Crippen molar-refractivity contribution in [3.05, 3.63) is 28.3 Å². The van der Waals surface area contributed by atoms with Crippen molar-refractivity contribution in [2.24, 2.45) is 5.92 Å². The fraction of sp³-hybridized carbons (Fsp3) is 0.533. The Kier molecular flexibility index (Phi) is 6.16. The van der Waals surface area contributed by atoms with Gasteiger partial charge in [0, 0.05) is 39.3 Å². The Morgan fingerprint density at radius 3 is 2.69 bits per heavy atom. The molecule has 1 heterocycles. The summed E-state index contributed by atoms with van der Waals surface area (Å²) in [5.41, 5.74) is 0.000784. The molecule has 1 N–H and O–H groups in total. The predicted octanol–water partition coefficient (Wildman–Crippen LogP) is 1.06. The monoisotopic (exact) mass is 386 g/mol. The maximum Gasteiger partial charge on any atom is 0.281 e. The molecule has 1 atom stereocenters. The number of nitrogens with zero attached hydrogens (tertiary/aromatic N) is 3. The van der Waals surface area contributed by atoms with Crippen LogP contribution < -0.4 is 10.1 Å². The first kappa shape index (κ1) is 20.1. The number of carbonyl (C=O) groups excluding carboxylic acids is 1. The number of non-ortho nitro benzene ring substituents is 1. The van der Waals surface area contributed by atoms with Crippen molar-refractivity contribution < 1.29 is 22.9 Å². The molecule has 0 unspecified atom stereocenters. The van der Waals surface area contributed by atoms with Crippen LogP contribution in [0.4, 0.5) is 11.4 Å². The molecule has 10 nitrogen and oxygen atoms in total. The van der Waals surface area contributed by atoms with E-state index in [1.807, 2.05) is 0 Å². The standard InChI is InChI=1S/C15H22N4O6S/c1-17(2)26(23,24)18-8-4-5-11(10-18)15(20)16-13-9-12(19(21)22)6-7-14(13)25-3/h6-7,9,11H,4-5,8,10H2,1-3H3,(H,16,20)/t11-/m1/s1. The molecule has 0 aromatic heterocycles. The van der Waals surface area contributed by atoms with E-state index in [0.717, 1.165) is 4.31 Å². The molecule has 2 rings (SSSR count). The van der Waals surface area contributed by atoms with Crippen molar-refractivity contribution in [1.29, 1.82) is 0 Å². The van der Waals surface area contributed by atoms with Crippen molar-refractivity contribution in [2.75, 3.05) is 39.6 Å². The number of nitrogens with one attached hydrogen (secondary N) is 1. The maximum absolute atomic E-state index is 12.6. The van der Waals surface area contributed by atoms with Crippen LogP contribution in [0.2, 0.25) is 0 Å². The molecule has 1 aliphatic rings. The van der Waals surface area contributed by atoms with E-state index in [2.05, 4.69) is 5.32 Å². The quantitative estimate of drug-likeness (QED) is 0.576. The lowest BCUT2D eigenvalue weighted by Gasteiger charge is -2.32. The van der Waals surface area contributed by atoms with E-state index >= 15 is 0 Å². The minimum atomic E-state index is -3.60. The van der Waals surface area contributed by atoms with Gasteiger partial charge in [0.15, 0.2) is 0 Å². The number of carbonyl (C=O) groups is 1. The summed E-state index contributed by atoms with van der Waals surface area (Å²) in [5.74, 6) is -0.664. The molecule has 144 valence electrons. The van der Waals surface area contributed by atoms with Crippen molar-refractivity contribution in [2.45, 2.75) is 12.8 Å². The number of nitro groups is 1. The van der Waals surface area contributed by atoms with Gasteiger partial charge in [-0.3, -0.25) is 14.9 Å². The van der Waals surface area contributed by atoms with Gasteiger partial charge in [-0.1, -0.05) is 0 Å². The van der Waals surface area contributed by atoms with Gasteiger partial charge < -0.3 is 10.1 Å². The average molecular weight is 386 g/mol. The van der Waals surface area contributed by atoms with Gasteiger partial charge in [0.05, 0.1) is 23.6 Å². The normalized spacial score (nSPS) is 18.5. The lowest BCUT2D eigenvalue weighted by atomic mass is 9.98. The first-order chi connectivity index (χ1) is 12.2. The van der Waals surface area contributed by atoms with E-state index in [0.29, 0.717) is 19.4 Å². The SMILES string of the molecule is COc1ccc([N+](=O)[O-])cc1NC(=O)[C@@H]1CCCN(S(=O)(=O)N(C)C)C1. The summed E-state index contributed by atoms with van der Waals surface area (Å²) in [6.07, 6.45) is 1.08. The van der Waals surface area contributed by atoms with E-state index in [4.69, 9.17) is 4.74 Å². The van der Waals surface area contributed by atoms with E-state index in [1.54, 1.807) is 0 Å².